The summed E-state index contributed by atoms with van der Waals surface area (Å²) >= 11 is 1.80. The second-order valence-corrected chi connectivity index (χ2v) is 9.62. The summed E-state index contributed by atoms with van der Waals surface area (Å²) in [6.07, 6.45) is 4.63. The normalized spacial score (nSPS) is 13.4. The summed E-state index contributed by atoms with van der Waals surface area (Å²) < 4.78 is 31.5. The summed E-state index contributed by atoms with van der Waals surface area (Å²) in [5, 5.41) is 0. The van der Waals surface area contributed by atoms with Gasteiger partial charge in [-0.2, -0.15) is 8.42 Å². The molecule has 1 heterocycles. The molecule has 0 aliphatic carbocycles. The van der Waals surface area contributed by atoms with Gasteiger partial charge in [0, 0.05) is 16.3 Å². The minimum absolute atomic E-state index is 0.217. The molecule has 1 N–H and O–H groups in total. The van der Waals surface area contributed by atoms with E-state index in [0.29, 0.717) is 13.0 Å². The average molecular weight is 406 g/mol. The van der Waals surface area contributed by atoms with Crippen LogP contribution in [0.2, 0.25) is 0 Å². The molecule has 2 aromatic carbocycles. The first-order chi connectivity index (χ1) is 12.9. The molecule has 0 atom stereocenters. The largest absolute Gasteiger partial charge is 0.339 e. The molecule has 4 nitrogen and oxygen atoms in total. The molecule has 3 rings (SSSR count). The van der Waals surface area contributed by atoms with Crippen molar-refractivity contribution in [2.45, 2.75) is 55.7 Å². The fourth-order valence-corrected chi connectivity index (χ4v) is 5.36. The lowest BCUT2D eigenvalue weighted by atomic mass is 10.00. The van der Waals surface area contributed by atoms with Crippen LogP contribution < -0.4 is 4.90 Å². The molecule has 0 amide bonds. The van der Waals surface area contributed by atoms with Crippen LogP contribution in [-0.2, 0) is 23.0 Å². The zero-order valence-electron chi connectivity index (χ0n) is 15.9. The van der Waals surface area contributed by atoms with Gasteiger partial charge in [0.1, 0.15) is 0 Å². The lowest BCUT2D eigenvalue weighted by Crippen LogP contribution is -2.25. The van der Waals surface area contributed by atoms with E-state index in [9.17, 15) is 8.42 Å². The lowest BCUT2D eigenvalue weighted by molar-refractivity contribution is 0.481. The monoisotopic (exact) mass is 405 g/mol. The Hall–Kier alpha value is -1.50. The van der Waals surface area contributed by atoms with Gasteiger partial charge in [-0.15, -0.1) is 0 Å². The Morgan fingerprint density at radius 3 is 2.48 bits per heavy atom. The first kappa shape index (κ1) is 20.2. The van der Waals surface area contributed by atoms with Crippen LogP contribution in [0.25, 0.3) is 0 Å². The second-order valence-electron chi connectivity index (χ2n) is 6.96. The zero-order valence-corrected chi connectivity index (χ0v) is 17.6. The van der Waals surface area contributed by atoms with E-state index in [1.807, 2.05) is 12.1 Å². The number of para-hydroxylation sites is 1. The molecule has 6 heteroatoms. The molecule has 0 radical (unpaired) electrons. The summed E-state index contributed by atoms with van der Waals surface area (Å²) in [5.41, 5.74) is 5.01. The van der Waals surface area contributed by atoms with Crippen LogP contribution in [0.15, 0.2) is 46.2 Å². The Balaban J connectivity index is 2.04. The number of hydrogen-bond donors (Lipinski definition) is 1. The number of hydrogen-bond acceptors (Lipinski definition) is 4. The van der Waals surface area contributed by atoms with E-state index in [1.165, 1.54) is 26.6 Å². The molecule has 2 aromatic rings. The van der Waals surface area contributed by atoms with E-state index in [2.05, 4.69) is 43.0 Å². The molecular weight excluding hydrogens is 378 g/mol. The Kier molecular flexibility index (Phi) is 6.50. The Bertz CT molecular complexity index is 910. The number of aryl methyl sites for hydroxylation is 2. The lowest BCUT2D eigenvalue weighted by Gasteiger charge is -2.35. The van der Waals surface area contributed by atoms with Crippen LogP contribution in [0.1, 0.15) is 44.2 Å². The van der Waals surface area contributed by atoms with Gasteiger partial charge in [0.25, 0.3) is 10.1 Å². The van der Waals surface area contributed by atoms with Crippen molar-refractivity contribution in [1.82, 2.24) is 0 Å². The quantitative estimate of drug-likeness (QED) is 0.590. The van der Waals surface area contributed by atoms with Crippen LogP contribution in [-0.4, -0.2) is 25.3 Å². The molecule has 0 fully saturated rings. The number of anilines is 2. The number of rotatable bonds is 8. The molecule has 0 aromatic heterocycles. The topological polar surface area (TPSA) is 57.6 Å². The first-order valence-corrected chi connectivity index (χ1v) is 12.0. The zero-order chi connectivity index (χ0) is 19.4. The van der Waals surface area contributed by atoms with E-state index >= 15 is 0 Å². The van der Waals surface area contributed by atoms with Crippen molar-refractivity contribution >= 4 is 33.3 Å². The predicted molar refractivity (Wildman–Crippen MR) is 113 cm³/mol. The summed E-state index contributed by atoms with van der Waals surface area (Å²) in [5.74, 6) is -0.217. The minimum atomic E-state index is -3.95. The van der Waals surface area contributed by atoms with Crippen LogP contribution in [0.5, 0.6) is 0 Å². The van der Waals surface area contributed by atoms with Gasteiger partial charge >= 0.3 is 0 Å². The van der Waals surface area contributed by atoms with Crippen molar-refractivity contribution in [2.75, 3.05) is 17.2 Å². The van der Waals surface area contributed by atoms with Crippen molar-refractivity contribution in [3.63, 3.8) is 0 Å². The molecule has 1 aliphatic heterocycles. The van der Waals surface area contributed by atoms with Crippen molar-refractivity contribution in [2.24, 2.45) is 0 Å². The second kappa shape index (κ2) is 8.67. The third-order valence-electron chi connectivity index (χ3n) is 4.70. The average Bonchev–Trinajstić information content (AvgIpc) is 2.60. The maximum Gasteiger partial charge on any atom is 0.264 e. The third-order valence-corrected chi connectivity index (χ3v) is 6.60. The predicted octanol–water partition coefficient (Wildman–Crippen LogP) is 5.47. The van der Waals surface area contributed by atoms with E-state index in [0.717, 1.165) is 31.4 Å². The molecular formula is C21H27NO3S2. The fourth-order valence-electron chi connectivity index (χ4n) is 3.65. The minimum Gasteiger partial charge on any atom is -0.339 e. The van der Waals surface area contributed by atoms with Gasteiger partial charge in [0.2, 0.25) is 0 Å². The van der Waals surface area contributed by atoms with E-state index in [4.69, 9.17) is 4.55 Å². The van der Waals surface area contributed by atoms with Gasteiger partial charge in [-0.25, -0.2) is 0 Å². The van der Waals surface area contributed by atoms with Crippen molar-refractivity contribution in [3.8, 4) is 0 Å². The van der Waals surface area contributed by atoms with Gasteiger partial charge < -0.3 is 4.90 Å². The summed E-state index contributed by atoms with van der Waals surface area (Å²) in [7, 11) is -3.95. The van der Waals surface area contributed by atoms with Gasteiger partial charge in [0.15, 0.2) is 0 Å². The van der Waals surface area contributed by atoms with Crippen LogP contribution in [0, 0.1) is 0 Å². The summed E-state index contributed by atoms with van der Waals surface area (Å²) in [6, 6.07) is 12.9. The molecule has 0 bridgehead atoms. The van der Waals surface area contributed by atoms with Gasteiger partial charge in [-0.1, -0.05) is 56.7 Å². The molecule has 27 heavy (non-hydrogen) atoms. The van der Waals surface area contributed by atoms with Crippen LogP contribution >= 0.6 is 11.8 Å². The first-order valence-electron chi connectivity index (χ1n) is 9.58. The summed E-state index contributed by atoms with van der Waals surface area (Å²) in [4.78, 5) is 4.68. The smallest absolute Gasteiger partial charge is 0.264 e. The van der Waals surface area contributed by atoms with E-state index < -0.39 is 10.1 Å². The maximum absolute atomic E-state index is 11.2. The molecule has 146 valence electrons. The Morgan fingerprint density at radius 1 is 1.04 bits per heavy atom. The molecule has 0 saturated carbocycles. The van der Waals surface area contributed by atoms with E-state index in [-0.39, 0.29) is 5.75 Å². The Labute approximate surface area is 166 Å². The molecule has 0 saturated heterocycles. The molecule has 1 aliphatic rings. The molecule has 0 spiro atoms. The fraction of sp³-hybridized carbons (Fsp3) is 0.429. The highest BCUT2D eigenvalue weighted by Crippen LogP contribution is 2.50. The van der Waals surface area contributed by atoms with Crippen molar-refractivity contribution in [1.29, 1.82) is 0 Å². The highest BCUT2D eigenvalue weighted by molar-refractivity contribution is 7.99. The van der Waals surface area contributed by atoms with Crippen LogP contribution in [0.4, 0.5) is 11.4 Å². The van der Waals surface area contributed by atoms with Crippen molar-refractivity contribution < 1.29 is 13.0 Å². The highest BCUT2D eigenvalue weighted by atomic mass is 32.2. The Morgan fingerprint density at radius 2 is 1.78 bits per heavy atom. The SMILES string of the molecule is CCCc1cc(CCC)c2c(c1)Sc1ccccc1N2CCCS(=O)(=O)O. The number of benzene rings is 2. The van der Waals surface area contributed by atoms with Crippen molar-refractivity contribution in [3.05, 3.63) is 47.5 Å². The van der Waals surface area contributed by atoms with E-state index in [1.54, 1.807) is 11.8 Å². The standard InChI is InChI=1S/C21H27NO3S2/c1-3-8-16-14-17(9-4-2)21-20(15-16)26-19-11-6-5-10-18(19)22(21)12-7-13-27(23,24)25/h5-6,10-11,14-15H,3-4,7-9,12-13H2,1-2H3,(H,23,24,25). The highest BCUT2D eigenvalue weighted by Gasteiger charge is 2.26. The number of nitrogens with zero attached hydrogens (tertiary/aromatic N) is 1. The van der Waals surface area contributed by atoms with Gasteiger partial charge in [-0.05, 0) is 48.6 Å². The van der Waals surface area contributed by atoms with Crippen LogP contribution in [0.3, 0.4) is 0 Å². The maximum atomic E-state index is 11.2. The number of fused-ring (bicyclic) bond motifs is 2. The third kappa shape index (κ3) is 4.86. The van der Waals surface area contributed by atoms with Gasteiger partial charge in [0.05, 0.1) is 17.1 Å². The molecule has 0 unspecified atom stereocenters. The van der Waals surface area contributed by atoms with Gasteiger partial charge in [-0.3, -0.25) is 4.55 Å². The summed E-state index contributed by atoms with van der Waals surface area (Å²) in [6.45, 7) is 4.95.